The molecule has 18 heavy (non-hydrogen) atoms. The predicted molar refractivity (Wildman–Crippen MR) is 73.3 cm³/mol. The van der Waals surface area contributed by atoms with Crippen molar-refractivity contribution in [2.75, 3.05) is 24.6 Å². The molecule has 0 fully saturated rings. The number of nitrogens with two attached hydrogens (primary N) is 1. The van der Waals surface area contributed by atoms with Crippen molar-refractivity contribution < 1.29 is 10.3 Å². The standard InChI is InChI=1S/C13H21N3O2/c1-3-6-16(7-8-17)11-4-5-12(10(2)9-11)13(14)15-18/h4-5,9,17-18H,3,6-8H2,1-2H3,(H2,14,15). The molecule has 0 heterocycles. The summed E-state index contributed by atoms with van der Waals surface area (Å²) in [6.07, 6.45) is 1.01. The van der Waals surface area contributed by atoms with Crippen LogP contribution in [0.4, 0.5) is 5.69 Å². The van der Waals surface area contributed by atoms with Crippen LogP contribution in [-0.4, -0.2) is 35.8 Å². The number of rotatable bonds is 6. The van der Waals surface area contributed by atoms with E-state index in [4.69, 9.17) is 16.0 Å². The summed E-state index contributed by atoms with van der Waals surface area (Å²) in [5, 5.41) is 20.7. The lowest BCUT2D eigenvalue weighted by Crippen LogP contribution is -2.27. The number of nitrogens with zero attached hydrogens (tertiary/aromatic N) is 2. The van der Waals surface area contributed by atoms with E-state index in [0.29, 0.717) is 6.54 Å². The summed E-state index contributed by atoms with van der Waals surface area (Å²) in [6, 6.07) is 5.74. The van der Waals surface area contributed by atoms with E-state index >= 15 is 0 Å². The van der Waals surface area contributed by atoms with Crippen molar-refractivity contribution >= 4 is 11.5 Å². The largest absolute Gasteiger partial charge is 0.409 e. The van der Waals surface area contributed by atoms with E-state index in [1.54, 1.807) is 0 Å². The fourth-order valence-corrected chi connectivity index (χ4v) is 1.95. The summed E-state index contributed by atoms with van der Waals surface area (Å²) in [5.41, 5.74) is 8.29. The number of hydrogen-bond donors (Lipinski definition) is 3. The Labute approximate surface area is 108 Å². The normalized spacial score (nSPS) is 11.6. The second-order valence-corrected chi connectivity index (χ2v) is 4.20. The monoisotopic (exact) mass is 251 g/mol. The van der Waals surface area contributed by atoms with Gasteiger partial charge in [-0.15, -0.1) is 0 Å². The topological polar surface area (TPSA) is 82.1 Å². The summed E-state index contributed by atoms with van der Waals surface area (Å²) in [5.74, 6) is 0.114. The first-order chi connectivity index (χ1) is 8.63. The number of aryl methyl sites for hydroxylation is 1. The number of oxime groups is 1. The average molecular weight is 251 g/mol. The van der Waals surface area contributed by atoms with E-state index in [1.807, 2.05) is 25.1 Å². The molecule has 1 aromatic carbocycles. The quantitative estimate of drug-likeness (QED) is 0.308. The van der Waals surface area contributed by atoms with Crippen LogP contribution < -0.4 is 10.6 Å². The molecule has 0 bridgehead atoms. The molecule has 0 saturated heterocycles. The first-order valence-corrected chi connectivity index (χ1v) is 6.08. The van der Waals surface area contributed by atoms with Gasteiger partial charge in [-0.1, -0.05) is 12.1 Å². The van der Waals surface area contributed by atoms with Crippen LogP contribution in [0.5, 0.6) is 0 Å². The molecule has 1 rings (SSSR count). The minimum atomic E-state index is 0.114. The summed E-state index contributed by atoms with van der Waals surface area (Å²) in [6.45, 7) is 5.64. The molecule has 100 valence electrons. The number of aliphatic hydroxyl groups is 1. The molecule has 0 aromatic heterocycles. The van der Waals surface area contributed by atoms with Gasteiger partial charge < -0.3 is 20.9 Å². The van der Waals surface area contributed by atoms with Crippen LogP contribution >= 0.6 is 0 Å². The molecule has 5 heteroatoms. The van der Waals surface area contributed by atoms with Crippen molar-refractivity contribution in [2.24, 2.45) is 10.9 Å². The lowest BCUT2D eigenvalue weighted by Gasteiger charge is -2.24. The van der Waals surface area contributed by atoms with E-state index in [9.17, 15) is 0 Å². The zero-order valence-electron chi connectivity index (χ0n) is 10.9. The maximum absolute atomic E-state index is 9.06. The molecule has 0 unspecified atom stereocenters. The van der Waals surface area contributed by atoms with Crippen LogP contribution in [0.1, 0.15) is 24.5 Å². The van der Waals surface area contributed by atoms with Crippen molar-refractivity contribution in [1.82, 2.24) is 0 Å². The summed E-state index contributed by atoms with van der Waals surface area (Å²) < 4.78 is 0. The first kappa shape index (κ1) is 14.3. The minimum Gasteiger partial charge on any atom is -0.409 e. The Balaban J connectivity index is 3.01. The van der Waals surface area contributed by atoms with Gasteiger partial charge >= 0.3 is 0 Å². The molecular formula is C13H21N3O2. The molecule has 0 aliphatic rings. The molecule has 4 N–H and O–H groups in total. The van der Waals surface area contributed by atoms with Gasteiger partial charge in [0.05, 0.1) is 6.61 Å². The Kier molecular flexibility index (Phi) is 5.45. The highest BCUT2D eigenvalue weighted by Gasteiger charge is 2.09. The average Bonchev–Trinajstić information content (AvgIpc) is 2.37. The van der Waals surface area contributed by atoms with E-state index in [2.05, 4.69) is 17.0 Å². The van der Waals surface area contributed by atoms with Gasteiger partial charge in [0.25, 0.3) is 0 Å². The fraction of sp³-hybridized carbons (Fsp3) is 0.462. The lowest BCUT2D eigenvalue weighted by molar-refractivity contribution is 0.302. The summed E-state index contributed by atoms with van der Waals surface area (Å²) in [4.78, 5) is 2.11. The maximum Gasteiger partial charge on any atom is 0.170 e. The third-order valence-corrected chi connectivity index (χ3v) is 2.82. The van der Waals surface area contributed by atoms with Gasteiger partial charge in [0, 0.05) is 24.3 Å². The Hall–Kier alpha value is -1.75. The van der Waals surface area contributed by atoms with Gasteiger partial charge in [-0.2, -0.15) is 0 Å². The molecule has 0 amide bonds. The van der Waals surface area contributed by atoms with Crippen molar-refractivity contribution in [3.63, 3.8) is 0 Å². The van der Waals surface area contributed by atoms with Crippen LogP contribution in [0.15, 0.2) is 23.4 Å². The van der Waals surface area contributed by atoms with E-state index in [1.165, 1.54) is 0 Å². The zero-order valence-corrected chi connectivity index (χ0v) is 10.9. The Bertz CT molecular complexity index is 413. The van der Waals surface area contributed by atoms with Crippen molar-refractivity contribution in [3.8, 4) is 0 Å². The van der Waals surface area contributed by atoms with E-state index < -0.39 is 0 Å². The molecule has 0 aliphatic carbocycles. The number of amidine groups is 1. The smallest absolute Gasteiger partial charge is 0.170 e. The predicted octanol–water partition coefficient (Wildman–Crippen LogP) is 1.30. The Morgan fingerprint density at radius 3 is 2.61 bits per heavy atom. The Morgan fingerprint density at radius 2 is 2.11 bits per heavy atom. The van der Waals surface area contributed by atoms with Crippen molar-refractivity contribution in [3.05, 3.63) is 29.3 Å². The van der Waals surface area contributed by atoms with Crippen LogP contribution in [0.3, 0.4) is 0 Å². The van der Waals surface area contributed by atoms with Crippen LogP contribution in [0, 0.1) is 6.92 Å². The van der Waals surface area contributed by atoms with Crippen molar-refractivity contribution in [2.45, 2.75) is 20.3 Å². The molecule has 0 aliphatic heterocycles. The van der Waals surface area contributed by atoms with Gasteiger partial charge in [-0.05, 0) is 37.1 Å². The van der Waals surface area contributed by atoms with E-state index in [-0.39, 0.29) is 12.4 Å². The molecule has 0 spiro atoms. The van der Waals surface area contributed by atoms with Gasteiger partial charge in [-0.3, -0.25) is 0 Å². The highest BCUT2D eigenvalue weighted by atomic mass is 16.4. The highest BCUT2D eigenvalue weighted by Crippen LogP contribution is 2.19. The summed E-state index contributed by atoms with van der Waals surface area (Å²) in [7, 11) is 0. The summed E-state index contributed by atoms with van der Waals surface area (Å²) >= 11 is 0. The van der Waals surface area contributed by atoms with Gasteiger partial charge in [0.2, 0.25) is 0 Å². The molecule has 0 atom stereocenters. The minimum absolute atomic E-state index is 0.114. The highest BCUT2D eigenvalue weighted by molar-refractivity contribution is 5.98. The fourth-order valence-electron chi connectivity index (χ4n) is 1.95. The molecule has 0 radical (unpaired) electrons. The third-order valence-electron chi connectivity index (χ3n) is 2.82. The second kappa shape index (κ2) is 6.86. The number of anilines is 1. The number of hydrogen-bond acceptors (Lipinski definition) is 4. The van der Waals surface area contributed by atoms with Gasteiger partial charge in [0.15, 0.2) is 5.84 Å². The molecule has 0 saturated carbocycles. The van der Waals surface area contributed by atoms with Crippen LogP contribution in [0.2, 0.25) is 0 Å². The zero-order chi connectivity index (χ0) is 13.5. The third kappa shape index (κ3) is 3.37. The Morgan fingerprint density at radius 1 is 1.39 bits per heavy atom. The molecular weight excluding hydrogens is 230 g/mol. The second-order valence-electron chi connectivity index (χ2n) is 4.20. The van der Waals surface area contributed by atoms with Crippen LogP contribution in [-0.2, 0) is 0 Å². The first-order valence-electron chi connectivity index (χ1n) is 6.08. The maximum atomic E-state index is 9.06. The number of benzene rings is 1. The van der Waals surface area contributed by atoms with Crippen molar-refractivity contribution in [1.29, 1.82) is 0 Å². The number of aliphatic hydroxyl groups excluding tert-OH is 1. The SMILES string of the molecule is CCCN(CCO)c1ccc(/C(N)=N/O)c(C)c1. The lowest BCUT2D eigenvalue weighted by atomic mass is 10.1. The van der Waals surface area contributed by atoms with Gasteiger partial charge in [-0.25, -0.2) is 0 Å². The molecule has 5 nitrogen and oxygen atoms in total. The molecule has 1 aromatic rings. The van der Waals surface area contributed by atoms with E-state index in [0.717, 1.165) is 29.8 Å². The van der Waals surface area contributed by atoms with Crippen LogP contribution in [0.25, 0.3) is 0 Å². The van der Waals surface area contributed by atoms with Gasteiger partial charge in [0.1, 0.15) is 0 Å².